The summed E-state index contributed by atoms with van der Waals surface area (Å²) in [6.07, 6.45) is 4.69. The Morgan fingerprint density at radius 3 is 2.65 bits per heavy atom. The number of fused-ring (bicyclic) bond motifs is 1. The Hall–Kier alpha value is -2.55. The lowest BCUT2D eigenvalue weighted by Gasteiger charge is -2.35. The molecule has 0 N–H and O–H groups in total. The van der Waals surface area contributed by atoms with Crippen LogP contribution in [0.3, 0.4) is 0 Å². The summed E-state index contributed by atoms with van der Waals surface area (Å²) in [7, 11) is 4.05. The van der Waals surface area contributed by atoms with Crippen LogP contribution in [0.5, 0.6) is 5.75 Å². The van der Waals surface area contributed by atoms with Crippen molar-refractivity contribution < 1.29 is 9.53 Å². The molecular weight excluding hydrogens is 410 g/mol. The highest BCUT2D eigenvalue weighted by molar-refractivity contribution is 6.31. The van der Waals surface area contributed by atoms with Crippen LogP contribution in [0.15, 0.2) is 36.4 Å². The molecule has 0 aromatic heterocycles. The van der Waals surface area contributed by atoms with Crippen molar-refractivity contribution >= 4 is 17.5 Å². The molecule has 1 heterocycles. The Kier molecular flexibility index (Phi) is 6.50. The van der Waals surface area contributed by atoms with Gasteiger partial charge in [0.1, 0.15) is 11.8 Å². The summed E-state index contributed by atoms with van der Waals surface area (Å²) in [5.74, 6) is 0.793. The van der Waals surface area contributed by atoms with Crippen molar-refractivity contribution in [1.82, 2.24) is 9.80 Å². The average Bonchev–Trinajstić information content (AvgIpc) is 2.78. The zero-order valence-corrected chi connectivity index (χ0v) is 18.9. The zero-order chi connectivity index (χ0) is 22.0. The quantitative estimate of drug-likeness (QED) is 0.697. The normalized spacial score (nSPS) is 21.1. The van der Waals surface area contributed by atoms with Crippen LogP contribution < -0.4 is 4.74 Å². The van der Waals surface area contributed by atoms with Crippen molar-refractivity contribution in [3.63, 3.8) is 0 Å². The van der Waals surface area contributed by atoms with E-state index in [1.807, 2.05) is 18.0 Å². The Balaban J connectivity index is 1.34. The smallest absolute Gasteiger partial charge is 0.253 e. The van der Waals surface area contributed by atoms with Gasteiger partial charge >= 0.3 is 0 Å². The molecule has 31 heavy (non-hydrogen) atoms. The number of halogens is 1. The third-order valence-electron chi connectivity index (χ3n) is 6.53. The molecule has 2 aromatic rings. The first-order valence-corrected chi connectivity index (χ1v) is 11.3. The van der Waals surface area contributed by atoms with E-state index >= 15 is 0 Å². The van der Waals surface area contributed by atoms with Gasteiger partial charge in [-0.25, -0.2) is 0 Å². The minimum absolute atomic E-state index is 0.101. The van der Waals surface area contributed by atoms with Gasteiger partial charge in [-0.3, -0.25) is 4.79 Å². The van der Waals surface area contributed by atoms with Gasteiger partial charge in [0.25, 0.3) is 5.91 Å². The van der Waals surface area contributed by atoms with Crippen LogP contribution in [-0.2, 0) is 13.0 Å². The first-order valence-electron chi connectivity index (χ1n) is 10.9. The average molecular weight is 438 g/mol. The summed E-state index contributed by atoms with van der Waals surface area (Å²) in [6, 6.07) is 13.6. The lowest BCUT2D eigenvalue weighted by Crippen LogP contribution is -2.41. The number of nitrogens with zero attached hydrogens (tertiary/aromatic N) is 3. The van der Waals surface area contributed by atoms with Gasteiger partial charge in [0.05, 0.1) is 16.7 Å². The summed E-state index contributed by atoms with van der Waals surface area (Å²) >= 11 is 6.11. The van der Waals surface area contributed by atoms with E-state index in [-0.39, 0.29) is 18.1 Å². The fraction of sp³-hybridized carbons (Fsp3) is 0.440. The highest BCUT2D eigenvalue weighted by Gasteiger charge is 2.28. The summed E-state index contributed by atoms with van der Waals surface area (Å²) in [5, 5.41) is 9.41. The summed E-state index contributed by atoms with van der Waals surface area (Å²) in [5.41, 5.74) is 3.87. The lowest BCUT2D eigenvalue weighted by molar-refractivity contribution is 0.0609. The van der Waals surface area contributed by atoms with Crippen molar-refractivity contribution in [3.8, 4) is 11.8 Å². The molecule has 1 aliphatic carbocycles. The van der Waals surface area contributed by atoms with Gasteiger partial charge in [-0.1, -0.05) is 17.7 Å². The third kappa shape index (κ3) is 4.87. The number of amides is 1. The van der Waals surface area contributed by atoms with Gasteiger partial charge in [-0.05, 0) is 74.5 Å². The van der Waals surface area contributed by atoms with E-state index in [9.17, 15) is 4.79 Å². The van der Waals surface area contributed by atoms with Gasteiger partial charge in [0.15, 0.2) is 0 Å². The van der Waals surface area contributed by atoms with Crippen LogP contribution in [0, 0.1) is 11.3 Å². The van der Waals surface area contributed by atoms with E-state index in [2.05, 4.69) is 30.1 Å². The third-order valence-corrected chi connectivity index (χ3v) is 6.84. The fourth-order valence-electron chi connectivity index (χ4n) is 4.60. The highest BCUT2D eigenvalue weighted by atomic mass is 35.5. The number of ether oxygens (including phenoxy) is 1. The number of carbonyl (C=O) groups excluding carboxylic acids is 1. The first kappa shape index (κ1) is 21.7. The van der Waals surface area contributed by atoms with Crippen LogP contribution in [0.25, 0.3) is 0 Å². The lowest BCUT2D eigenvalue weighted by atomic mass is 9.91. The number of likely N-dealkylation sites (N-methyl/N-ethyl adjacent to an activating group) is 1. The molecule has 6 heteroatoms. The van der Waals surface area contributed by atoms with E-state index in [0.29, 0.717) is 16.3 Å². The fourth-order valence-corrected chi connectivity index (χ4v) is 4.81. The van der Waals surface area contributed by atoms with Crippen LogP contribution >= 0.6 is 11.6 Å². The van der Waals surface area contributed by atoms with Crippen LogP contribution in [0.2, 0.25) is 5.02 Å². The molecule has 1 saturated carbocycles. The molecule has 2 aliphatic rings. The Labute approximate surface area is 189 Å². The summed E-state index contributed by atoms with van der Waals surface area (Å²) in [4.78, 5) is 17.3. The maximum atomic E-state index is 13.1. The molecule has 0 bridgehead atoms. The van der Waals surface area contributed by atoms with Crippen LogP contribution in [0.4, 0.5) is 0 Å². The largest absolute Gasteiger partial charge is 0.490 e. The molecule has 0 radical (unpaired) electrons. The second-order valence-electron chi connectivity index (χ2n) is 8.69. The number of rotatable bonds is 4. The van der Waals surface area contributed by atoms with Crippen molar-refractivity contribution in [2.45, 2.75) is 50.8 Å². The van der Waals surface area contributed by atoms with Crippen molar-refractivity contribution in [2.75, 3.05) is 20.6 Å². The maximum absolute atomic E-state index is 13.1. The second-order valence-corrected chi connectivity index (χ2v) is 9.10. The van der Waals surface area contributed by atoms with E-state index in [0.717, 1.165) is 50.8 Å². The molecule has 2 aromatic carbocycles. The molecule has 5 nitrogen and oxygen atoms in total. The van der Waals surface area contributed by atoms with Crippen LogP contribution in [0.1, 0.15) is 52.7 Å². The number of carbonyl (C=O) groups is 1. The molecule has 0 unspecified atom stereocenters. The minimum atomic E-state index is 0.101. The van der Waals surface area contributed by atoms with Crippen molar-refractivity contribution in [3.05, 3.63) is 63.7 Å². The molecular formula is C25H28ClN3O2. The summed E-state index contributed by atoms with van der Waals surface area (Å²) in [6.45, 7) is 1.99. The number of hydrogen-bond acceptors (Lipinski definition) is 4. The van der Waals surface area contributed by atoms with Crippen LogP contribution in [-0.4, -0.2) is 48.5 Å². The molecule has 1 aliphatic heterocycles. The zero-order valence-electron chi connectivity index (χ0n) is 18.1. The van der Waals surface area contributed by atoms with Gasteiger partial charge in [-0.15, -0.1) is 0 Å². The molecule has 162 valence electrons. The topological polar surface area (TPSA) is 56.6 Å². The van der Waals surface area contributed by atoms with E-state index in [1.165, 1.54) is 11.1 Å². The molecule has 0 atom stereocenters. The molecule has 1 fully saturated rings. The SMILES string of the molecule is CN1CCc2cc(C(=O)N(C)[C@H]3CC[C@H](Oc4ccc(C#N)c(Cl)c4)CC3)ccc2C1. The van der Waals surface area contributed by atoms with E-state index in [4.69, 9.17) is 21.6 Å². The Morgan fingerprint density at radius 2 is 1.94 bits per heavy atom. The predicted molar refractivity (Wildman–Crippen MR) is 121 cm³/mol. The molecule has 0 spiro atoms. The van der Waals surface area contributed by atoms with Gasteiger partial charge < -0.3 is 14.5 Å². The molecule has 4 rings (SSSR count). The number of benzene rings is 2. The number of hydrogen-bond donors (Lipinski definition) is 0. The van der Waals surface area contributed by atoms with Gasteiger partial charge in [0.2, 0.25) is 0 Å². The Morgan fingerprint density at radius 1 is 1.16 bits per heavy atom. The van der Waals surface area contributed by atoms with Crippen molar-refractivity contribution in [2.24, 2.45) is 0 Å². The Bertz CT molecular complexity index is 1010. The number of nitriles is 1. The maximum Gasteiger partial charge on any atom is 0.253 e. The van der Waals surface area contributed by atoms with E-state index in [1.54, 1.807) is 18.2 Å². The molecule has 0 saturated heterocycles. The monoisotopic (exact) mass is 437 g/mol. The van der Waals surface area contributed by atoms with Gasteiger partial charge in [-0.2, -0.15) is 5.26 Å². The van der Waals surface area contributed by atoms with Gasteiger partial charge in [0, 0.05) is 37.8 Å². The highest BCUT2D eigenvalue weighted by Crippen LogP contribution is 2.29. The minimum Gasteiger partial charge on any atom is -0.490 e. The second kappa shape index (κ2) is 9.30. The predicted octanol–water partition coefficient (Wildman–Crippen LogP) is 4.66. The summed E-state index contributed by atoms with van der Waals surface area (Å²) < 4.78 is 6.08. The molecule has 1 amide bonds. The first-order chi connectivity index (χ1) is 14.9. The van der Waals surface area contributed by atoms with Crippen molar-refractivity contribution in [1.29, 1.82) is 5.26 Å². The standard InChI is InChI=1S/C25H28ClN3O2/c1-28-12-11-17-13-18(3-4-20(17)16-28)25(30)29(2)21-6-9-22(10-7-21)31-23-8-5-19(15-27)24(26)14-23/h3-5,8,13-14,21-22H,6-7,9-12,16H2,1-2H3/t21-,22-. The van der Waals surface area contributed by atoms with E-state index < -0.39 is 0 Å².